The highest BCUT2D eigenvalue weighted by atomic mass is 19.1. The summed E-state index contributed by atoms with van der Waals surface area (Å²) >= 11 is 0. The van der Waals surface area contributed by atoms with Crippen LogP contribution in [0.2, 0.25) is 0 Å². The fraction of sp³-hybridized carbons (Fsp3) is 0.273. The van der Waals surface area contributed by atoms with Gasteiger partial charge in [0.25, 0.3) is 0 Å². The Bertz CT molecular complexity index is 919. The number of benzene rings is 1. The van der Waals surface area contributed by atoms with Crippen LogP contribution in [0.3, 0.4) is 0 Å². The second kappa shape index (κ2) is 7.24. The Morgan fingerprint density at radius 1 is 1.27 bits per heavy atom. The standard InChI is InChI=1S/C22H22FNO2/c1-2-17(19-13-24-20-9-8-16(23)12-18(19)20)22(15-6-4-3-5-7-15)21-14-25-10-11-26-21/h3-4,6,8-14,17,22,24H,2,5,7H2,1H3. The number of H-pyrrole nitrogens is 1. The lowest BCUT2D eigenvalue weighted by molar-refractivity contribution is 0.215. The normalized spacial score (nSPS) is 18.7. The van der Waals surface area contributed by atoms with Crippen LogP contribution in [-0.2, 0) is 9.47 Å². The van der Waals surface area contributed by atoms with Gasteiger partial charge < -0.3 is 14.5 Å². The minimum Gasteiger partial charge on any atom is -0.466 e. The molecule has 2 unspecified atom stereocenters. The molecule has 4 rings (SSSR count). The van der Waals surface area contributed by atoms with E-state index in [0.717, 1.165) is 41.5 Å². The van der Waals surface area contributed by atoms with E-state index in [2.05, 4.69) is 30.1 Å². The molecule has 3 nitrogen and oxygen atoms in total. The molecule has 1 aromatic heterocycles. The van der Waals surface area contributed by atoms with Gasteiger partial charge in [0.15, 0.2) is 0 Å². The molecule has 134 valence electrons. The monoisotopic (exact) mass is 351 g/mol. The van der Waals surface area contributed by atoms with Gasteiger partial charge in [-0.3, -0.25) is 0 Å². The highest BCUT2D eigenvalue weighted by Crippen LogP contribution is 2.43. The molecule has 26 heavy (non-hydrogen) atoms. The molecule has 0 amide bonds. The molecular formula is C22H22FNO2. The third kappa shape index (κ3) is 3.07. The molecule has 1 aliphatic carbocycles. The summed E-state index contributed by atoms with van der Waals surface area (Å²) in [5, 5.41) is 0.932. The van der Waals surface area contributed by atoms with Crippen LogP contribution in [0.25, 0.3) is 10.9 Å². The number of ether oxygens (including phenoxy) is 2. The molecule has 0 radical (unpaired) electrons. The third-order valence-corrected chi connectivity index (χ3v) is 5.19. The number of fused-ring (bicyclic) bond motifs is 1. The zero-order chi connectivity index (χ0) is 17.9. The van der Waals surface area contributed by atoms with Crippen LogP contribution in [0.15, 0.2) is 72.7 Å². The van der Waals surface area contributed by atoms with Gasteiger partial charge in [0.05, 0.1) is 0 Å². The van der Waals surface area contributed by atoms with Gasteiger partial charge in [0.1, 0.15) is 30.4 Å². The molecule has 0 spiro atoms. The van der Waals surface area contributed by atoms with E-state index in [1.165, 1.54) is 17.9 Å². The third-order valence-electron chi connectivity index (χ3n) is 5.19. The fourth-order valence-electron chi connectivity index (χ4n) is 4.00. The zero-order valence-electron chi connectivity index (χ0n) is 14.7. The first-order valence-corrected chi connectivity index (χ1v) is 9.07. The minimum absolute atomic E-state index is 0.0529. The van der Waals surface area contributed by atoms with E-state index >= 15 is 0 Å². The first-order chi connectivity index (χ1) is 12.8. The molecule has 4 heteroatoms. The van der Waals surface area contributed by atoms with E-state index in [4.69, 9.17) is 9.47 Å². The smallest absolute Gasteiger partial charge is 0.146 e. The first kappa shape index (κ1) is 16.7. The number of aromatic nitrogens is 1. The molecule has 2 aromatic rings. The Balaban J connectivity index is 1.81. The van der Waals surface area contributed by atoms with Gasteiger partial charge in [-0.15, -0.1) is 0 Å². The second-order valence-electron chi connectivity index (χ2n) is 6.68. The van der Waals surface area contributed by atoms with Crippen LogP contribution in [0.4, 0.5) is 4.39 Å². The van der Waals surface area contributed by atoms with Gasteiger partial charge in [-0.2, -0.15) is 0 Å². The van der Waals surface area contributed by atoms with Crippen molar-refractivity contribution >= 4 is 10.9 Å². The zero-order valence-corrected chi connectivity index (χ0v) is 14.7. The van der Waals surface area contributed by atoms with Crippen molar-refractivity contribution in [3.63, 3.8) is 0 Å². The summed E-state index contributed by atoms with van der Waals surface area (Å²) in [7, 11) is 0. The Kier molecular flexibility index (Phi) is 4.65. The molecular weight excluding hydrogens is 329 g/mol. The average Bonchev–Trinajstić information content (AvgIpc) is 3.10. The molecule has 1 aromatic carbocycles. The van der Waals surface area contributed by atoms with Crippen molar-refractivity contribution in [3.8, 4) is 0 Å². The number of nitrogens with one attached hydrogen (secondary N) is 1. The maximum atomic E-state index is 13.9. The Hall–Kier alpha value is -2.75. The first-order valence-electron chi connectivity index (χ1n) is 9.07. The number of rotatable bonds is 5. The summed E-state index contributed by atoms with van der Waals surface area (Å²) in [4.78, 5) is 3.29. The SMILES string of the molecule is CCC(c1c[nH]c2ccc(F)cc12)C(C1=CC=CCC1)C1=COC=CO1. The van der Waals surface area contributed by atoms with Crippen LogP contribution < -0.4 is 0 Å². The van der Waals surface area contributed by atoms with Gasteiger partial charge in [0.2, 0.25) is 0 Å². The molecule has 1 aliphatic heterocycles. The Labute approximate surface area is 152 Å². The van der Waals surface area contributed by atoms with E-state index < -0.39 is 0 Å². The van der Waals surface area contributed by atoms with Crippen molar-refractivity contribution in [1.29, 1.82) is 0 Å². The molecule has 1 N–H and O–H groups in total. The topological polar surface area (TPSA) is 34.2 Å². The lowest BCUT2D eigenvalue weighted by atomic mass is 9.76. The van der Waals surface area contributed by atoms with E-state index in [1.807, 2.05) is 6.20 Å². The van der Waals surface area contributed by atoms with Crippen molar-refractivity contribution in [2.24, 2.45) is 5.92 Å². The van der Waals surface area contributed by atoms with Gasteiger partial charge >= 0.3 is 0 Å². The van der Waals surface area contributed by atoms with Gasteiger partial charge in [-0.1, -0.05) is 30.7 Å². The van der Waals surface area contributed by atoms with Crippen molar-refractivity contribution < 1.29 is 13.9 Å². The summed E-state index contributed by atoms with van der Waals surface area (Å²) in [6.45, 7) is 2.16. The summed E-state index contributed by atoms with van der Waals surface area (Å²) in [6.07, 6.45) is 16.1. The number of allylic oxidation sites excluding steroid dienone is 4. The molecule has 0 bridgehead atoms. The molecule has 2 heterocycles. The van der Waals surface area contributed by atoms with Crippen LogP contribution in [0.5, 0.6) is 0 Å². The van der Waals surface area contributed by atoms with Gasteiger partial charge in [-0.05, 0) is 48.9 Å². The van der Waals surface area contributed by atoms with Gasteiger partial charge in [-0.25, -0.2) is 4.39 Å². The maximum Gasteiger partial charge on any atom is 0.146 e. The van der Waals surface area contributed by atoms with Crippen LogP contribution in [0, 0.1) is 11.7 Å². The second-order valence-corrected chi connectivity index (χ2v) is 6.68. The van der Waals surface area contributed by atoms with Crippen LogP contribution in [0.1, 0.15) is 37.7 Å². The van der Waals surface area contributed by atoms with E-state index in [-0.39, 0.29) is 17.7 Å². The maximum absolute atomic E-state index is 13.9. The molecule has 0 saturated heterocycles. The average molecular weight is 351 g/mol. The molecule has 0 saturated carbocycles. The van der Waals surface area contributed by atoms with Crippen molar-refractivity contribution in [1.82, 2.24) is 4.98 Å². The van der Waals surface area contributed by atoms with E-state index in [0.29, 0.717) is 0 Å². The largest absolute Gasteiger partial charge is 0.466 e. The summed E-state index contributed by atoms with van der Waals surface area (Å²) in [6, 6.07) is 4.89. The number of halogens is 1. The van der Waals surface area contributed by atoms with E-state index in [1.54, 1.807) is 24.7 Å². The Morgan fingerprint density at radius 3 is 2.92 bits per heavy atom. The van der Waals surface area contributed by atoms with Crippen molar-refractivity contribution in [3.05, 3.63) is 84.1 Å². The fourth-order valence-corrected chi connectivity index (χ4v) is 4.00. The minimum atomic E-state index is -0.219. The lowest BCUT2D eigenvalue weighted by Gasteiger charge is -2.31. The van der Waals surface area contributed by atoms with E-state index in [9.17, 15) is 4.39 Å². The predicted octanol–water partition coefficient (Wildman–Crippen LogP) is 6.05. The summed E-state index contributed by atoms with van der Waals surface area (Å²) < 4.78 is 25.1. The van der Waals surface area contributed by atoms with Crippen molar-refractivity contribution in [2.75, 3.05) is 0 Å². The highest BCUT2D eigenvalue weighted by Gasteiger charge is 2.32. The quantitative estimate of drug-likeness (QED) is 0.711. The Morgan fingerprint density at radius 2 is 2.19 bits per heavy atom. The number of aromatic amines is 1. The van der Waals surface area contributed by atoms with Gasteiger partial charge in [0, 0.05) is 23.0 Å². The highest BCUT2D eigenvalue weighted by molar-refractivity contribution is 5.84. The predicted molar refractivity (Wildman–Crippen MR) is 101 cm³/mol. The number of hydrogen-bond donors (Lipinski definition) is 1. The lowest BCUT2D eigenvalue weighted by Crippen LogP contribution is -2.20. The number of hydrogen-bond acceptors (Lipinski definition) is 2. The molecule has 2 atom stereocenters. The summed E-state index contributed by atoms with van der Waals surface area (Å²) in [5.41, 5.74) is 3.38. The van der Waals surface area contributed by atoms with Crippen LogP contribution >= 0.6 is 0 Å². The molecule has 2 aliphatic rings. The summed E-state index contributed by atoms with van der Waals surface area (Å²) in [5.74, 6) is 0.789. The van der Waals surface area contributed by atoms with Crippen LogP contribution in [-0.4, -0.2) is 4.98 Å². The molecule has 0 fully saturated rings. The van der Waals surface area contributed by atoms with Crippen molar-refractivity contribution in [2.45, 2.75) is 32.1 Å².